The third-order valence-electron chi connectivity index (χ3n) is 3.46. The van der Waals surface area contributed by atoms with Crippen molar-refractivity contribution in [2.75, 3.05) is 31.7 Å². The number of aromatic nitrogens is 1. The zero-order chi connectivity index (χ0) is 17.4. The highest BCUT2D eigenvalue weighted by atomic mass is 16.5. The predicted molar refractivity (Wildman–Crippen MR) is 92.2 cm³/mol. The number of para-hydroxylation sites is 1. The third kappa shape index (κ3) is 4.39. The van der Waals surface area contributed by atoms with E-state index in [1.807, 2.05) is 37.3 Å². The van der Waals surface area contributed by atoms with Gasteiger partial charge in [-0.3, -0.25) is 14.6 Å². The van der Waals surface area contributed by atoms with Crippen molar-refractivity contribution in [2.24, 2.45) is 0 Å². The molecule has 2 amide bonds. The molecule has 0 saturated carbocycles. The van der Waals surface area contributed by atoms with Crippen molar-refractivity contribution in [3.8, 4) is 0 Å². The number of benzene rings is 1. The lowest BCUT2D eigenvalue weighted by Gasteiger charge is -2.20. The van der Waals surface area contributed by atoms with Crippen LogP contribution in [0.5, 0.6) is 0 Å². The fraction of sp³-hybridized carbons (Fsp3) is 0.278. The molecule has 0 fully saturated rings. The maximum absolute atomic E-state index is 12.7. The normalized spacial score (nSPS) is 10.2. The van der Waals surface area contributed by atoms with Gasteiger partial charge in [0.05, 0.1) is 6.61 Å². The Labute approximate surface area is 141 Å². The Kier molecular flexibility index (Phi) is 6.45. The van der Waals surface area contributed by atoms with Gasteiger partial charge in [0.2, 0.25) is 0 Å². The molecule has 6 heteroatoms. The van der Waals surface area contributed by atoms with Crippen LogP contribution in [-0.4, -0.2) is 43.6 Å². The first-order valence-electron chi connectivity index (χ1n) is 7.77. The second kappa shape index (κ2) is 8.79. The summed E-state index contributed by atoms with van der Waals surface area (Å²) in [5, 5.41) is 2.72. The quantitative estimate of drug-likeness (QED) is 0.791. The van der Waals surface area contributed by atoms with Gasteiger partial charge in [0, 0.05) is 37.6 Å². The zero-order valence-corrected chi connectivity index (χ0v) is 13.9. The zero-order valence-electron chi connectivity index (χ0n) is 13.9. The Bertz CT molecular complexity index is 689. The topological polar surface area (TPSA) is 71.5 Å². The van der Waals surface area contributed by atoms with E-state index >= 15 is 0 Å². The molecule has 0 bridgehead atoms. The summed E-state index contributed by atoms with van der Waals surface area (Å²) in [5.74, 6) is -0.499. The smallest absolute Gasteiger partial charge is 0.276 e. The average molecular weight is 327 g/mol. The van der Waals surface area contributed by atoms with E-state index in [1.165, 1.54) is 12.3 Å². The molecule has 1 aromatic carbocycles. The van der Waals surface area contributed by atoms with E-state index in [4.69, 9.17) is 4.74 Å². The van der Waals surface area contributed by atoms with Gasteiger partial charge in [-0.15, -0.1) is 0 Å². The van der Waals surface area contributed by atoms with Crippen LogP contribution in [-0.2, 0) is 4.74 Å². The first-order valence-corrected chi connectivity index (χ1v) is 7.77. The molecular weight excluding hydrogens is 306 g/mol. The SMILES string of the molecule is CCN(C(=O)c1cc(C(=O)NCCOC)ccn1)c1ccccc1. The van der Waals surface area contributed by atoms with Gasteiger partial charge >= 0.3 is 0 Å². The highest BCUT2D eigenvalue weighted by molar-refractivity contribution is 6.06. The second-order valence-corrected chi connectivity index (χ2v) is 5.06. The number of carbonyl (C=O) groups excluding carboxylic acids is 2. The Morgan fingerprint density at radius 1 is 1.21 bits per heavy atom. The summed E-state index contributed by atoms with van der Waals surface area (Å²) >= 11 is 0. The van der Waals surface area contributed by atoms with Crippen LogP contribution in [0, 0.1) is 0 Å². The lowest BCUT2D eigenvalue weighted by Crippen LogP contribution is -2.32. The van der Waals surface area contributed by atoms with Crippen LogP contribution in [0.3, 0.4) is 0 Å². The average Bonchev–Trinajstić information content (AvgIpc) is 2.63. The monoisotopic (exact) mass is 327 g/mol. The van der Waals surface area contributed by atoms with Crippen LogP contribution < -0.4 is 10.2 Å². The van der Waals surface area contributed by atoms with Crippen molar-refractivity contribution in [2.45, 2.75) is 6.92 Å². The van der Waals surface area contributed by atoms with Crippen LogP contribution in [0.1, 0.15) is 27.8 Å². The Morgan fingerprint density at radius 3 is 2.62 bits per heavy atom. The molecule has 1 N–H and O–H groups in total. The largest absolute Gasteiger partial charge is 0.383 e. The van der Waals surface area contributed by atoms with Crippen molar-refractivity contribution in [3.63, 3.8) is 0 Å². The van der Waals surface area contributed by atoms with E-state index in [0.717, 1.165) is 5.69 Å². The number of hydrogen-bond acceptors (Lipinski definition) is 4. The van der Waals surface area contributed by atoms with Crippen molar-refractivity contribution in [1.82, 2.24) is 10.3 Å². The van der Waals surface area contributed by atoms with Crippen molar-refractivity contribution in [1.29, 1.82) is 0 Å². The number of methoxy groups -OCH3 is 1. The maximum Gasteiger partial charge on any atom is 0.276 e. The van der Waals surface area contributed by atoms with E-state index in [2.05, 4.69) is 10.3 Å². The summed E-state index contributed by atoms with van der Waals surface area (Å²) in [6.45, 7) is 3.24. The summed E-state index contributed by atoms with van der Waals surface area (Å²) in [4.78, 5) is 30.5. The Balaban J connectivity index is 2.17. The maximum atomic E-state index is 12.7. The van der Waals surface area contributed by atoms with E-state index in [9.17, 15) is 9.59 Å². The molecule has 1 heterocycles. The molecule has 0 aliphatic carbocycles. The van der Waals surface area contributed by atoms with E-state index in [0.29, 0.717) is 25.3 Å². The van der Waals surface area contributed by atoms with Gasteiger partial charge in [0.1, 0.15) is 5.69 Å². The number of pyridine rings is 1. The molecule has 2 rings (SSSR count). The van der Waals surface area contributed by atoms with Crippen LogP contribution in [0.4, 0.5) is 5.69 Å². The van der Waals surface area contributed by atoms with E-state index < -0.39 is 0 Å². The van der Waals surface area contributed by atoms with Gasteiger partial charge in [0.15, 0.2) is 0 Å². The number of amides is 2. The Morgan fingerprint density at radius 2 is 1.96 bits per heavy atom. The number of nitrogens with zero attached hydrogens (tertiary/aromatic N) is 2. The molecule has 0 atom stereocenters. The van der Waals surface area contributed by atoms with Gasteiger partial charge in [-0.25, -0.2) is 0 Å². The fourth-order valence-electron chi connectivity index (χ4n) is 2.25. The molecule has 0 spiro atoms. The number of hydrogen-bond donors (Lipinski definition) is 1. The molecule has 0 saturated heterocycles. The molecule has 0 unspecified atom stereocenters. The lowest BCUT2D eigenvalue weighted by atomic mass is 10.2. The second-order valence-electron chi connectivity index (χ2n) is 5.06. The van der Waals surface area contributed by atoms with Crippen LogP contribution in [0.2, 0.25) is 0 Å². The van der Waals surface area contributed by atoms with Gasteiger partial charge in [-0.1, -0.05) is 18.2 Å². The van der Waals surface area contributed by atoms with Crippen LogP contribution >= 0.6 is 0 Å². The fourth-order valence-corrected chi connectivity index (χ4v) is 2.25. The molecule has 1 aromatic heterocycles. The molecule has 24 heavy (non-hydrogen) atoms. The summed E-state index contributed by atoms with van der Waals surface area (Å²) in [5.41, 5.74) is 1.43. The van der Waals surface area contributed by atoms with Crippen LogP contribution in [0.15, 0.2) is 48.7 Å². The Hall–Kier alpha value is -2.73. The van der Waals surface area contributed by atoms with Gasteiger partial charge in [-0.05, 0) is 31.2 Å². The lowest BCUT2D eigenvalue weighted by molar-refractivity contribution is 0.0937. The molecule has 0 aliphatic heterocycles. The minimum absolute atomic E-state index is 0.236. The summed E-state index contributed by atoms with van der Waals surface area (Å²) in [7, 11) is 1.57. The number of carbonyl (C=O) groups is 2. The van der Waals surface area contributed by atoms with Crippen molar-refractivity contribution < 1.29 is 14.3 Å². The minimum atomic E-state index is -0.258. The molecular formula is C18H21N3O3. The molecule has 0 aliphatic rings. The molecule has 126 valence electrons. The first-order chi connectivity index (χ1) is 11.7. The summed E-state index contributed by atoms with van der Waals surface area (Å²) in [6, 6.07) is 12.5. The van der Waals surface area contributed by atoms with Gasteiger partial charge in [0.25, 0.3) is 11.8 Å². The van der Waals surface area contributed by atoms with Crippen molar-refractivity contribution in [3.05, 3.63) is 59.9 Å². The van der Waals surface area contributed by atoms with Gasteiger partial charge in [-0.2, -0.15) is 0 Å². The van der Waals surface area contributed by atoms with E-state index in [-0.39, 0.29) is 17.5 Å². The van der Waals surface area contributed by atoms with Crippen LogP contribution in [0.25, 0.3) is 0 Å². The molecule has 6 nitrogen and oxygen atoms in total. The molecule has 0 radical (unpaired) electrons. The summed E-state index contributed by atoms with van der Waals surface area (Å²) < 4.78 is 4.90. The standard InChI is InChI=1S/C18H21N3O3/c1-3-21(15-7-5-4-6-8-15)18(23)16-13-14(9-10-19-16)17(22)20-11-12-24-2/h4-10,13H,3,11-12H2,1-2H3,(H,20,22). The highest BCUT2D eigenvalue weighted by Gasteiger charge is 2.18. The number of ether oxygens (including phenoxy) is 1. The summed E-state index contributed by atoms with van der Waals surface area (Å²) in [6.07, 6.45) is 1.47. The number of nitrogens with one attached hydrogen (secondary N) is 1. The van der Waals surface area contributed by atoms with Crippen molar-refractivity contribution >= 4 is 17.5 Å². The highest BCUT2D eigenvalue weighted by Crippen LogP contribution is 2.16. The minimum Gasteiger partial charge on any atom is -0.383 e. The number of anilines is 1. The first kappa shape index (κ1) is 17.6. The predicted octanol–water partition coefficient (Wildman–Crippen LogP) is 2.12. The molecule has 2 aromatic rings. The van der Waals surface area contributed by atoms with E-state index in [1.54, 1.807) is 18.1 Å². The number of rotatable bonds is 7. The third-order valence-corrected chi connectivity index (χ3v) is 3.46. The van der Waals surface area contributed by atoms with Gasteiger partial charge < -0.3 is 15.0 Å².